The molecule has 0 bridgehead atoms. The Morgan fingerprint density at radius 1 is 1.26 bits per heavy atom. The minimum absolute atomic E-state index is 0.0794. The third kappa shape index (κ3) is 3.77. The minimum atomic E-state index is -2.93. The lowest BCUT2D eigenvalue weighted by Crippen LogP contribution is -2.28. The summed E-state index contributed by atoms with van der Waals surface area (Å²) < 4.78 is 33.1. The zero-order chi connectivity index (χ0) is 19.0. The molecule has 5 nitrogen and oxygen atoms in total. The fourth-order valence-corrected chi connectivity index (χ4v) is 3.90. The Morgan fingerprint density at radius 2 is 2.11 bits per heavy atom. The molecule has 1 N–H and O–H groups in total. The first-order valence-corrected chi connectivity index (χ1v) is 9.34. The van der Waals surface area contributed by atoms with Crippen molar-refractivity contribution in [3.63, 3.8) is 0 Å². The average Bonchev–Trinajstić information content (AvgIpc) is 3.11. The maximum atomic E-state index is 12.9. The summed E-state index contributed by atoms with van der Waals surface area (Å²) in [6.45, 7) is -2.93. The Hall–Kier alpha value is -2.19. The molecule has 140 valence electrons. The van der Waals surface area contributed by atoms with Gasteiger partial charge in [0, 0.05) is 15.1 Å². The summed E-state index contributed by atoms with van der Waals surface area (Å²) in [5, 5.41) is 8.04. The summed E-state index contributed by atoms with van der Waals surface area (Å²) in [6, 6.07) is 12.1. The van der Waals surface area contributed by atoms with Crippen LogP contribution < -0.4 is 10.1 Å². The predicted octanol–water partition coefficient (Wildman–Crippen LogP) is 5.44. The van der Waals surface area contributed by atoms with Gasteiger partial charge in [-0.05, 0) is 42.3 Å². The zero-order valence-corrected chi connectivity index (χ0v) is 16.2. The topological polar surface area (TPSA) is 52.0 Å². The number of alkyl halides is 2. The molecule has 1 aliphatic heterocycles. The fourth-order valence-electron chi connectivity index (χ4n) is 3.30. The maximum Gasteiger partial charge on any atom is 0.387 e. The van der Waals surface area contributed by atoms with Gasteiger partial charge in [-0.15, -0.1) is 0 Å². The van der Waals surface area contributed by atoms with Gasteiger partial charge in [0.1, 0.15) is 12.1 Å². The number of nitrogens with one attached hydrogen (secondary N) is 1. The highest BCUT2D eigenvalue weighted by molar-refractivity contribution is 9.10. The van der Waals surface area contributed by atoms with Crippen LogP contribution in [0.2, 0.25) is 5.02 Å². The molecule has 27 heavy (non-hydrogen) atoms. The maximum absolute atomic E-state index is 12.9. The predicted molar refractivity (Wildman–Crippen MR) is 101 cm³/mol. The Kier molecular flexibility index (Phi) is 5.01. The van der Waals surface area contributed by atoms with Crippen LogP contribution in [0.5, 0.6) is 5.75 Å². The molecule has 2 heterocycles. The molecule has 0 saturated carbocycles. The van der Waals surface area contributed by atoms with E-state index in [1.807, 2.05) is 24.3 Å². The molecule has 0 fully saturated rings. The molecular weight excluding hydrogens is 442 g/mol. The van der Waals surface area contributed by atoms with Gasteiger partial charge >= 0.3 is 6.61 Å². The van der Waals surface area contributed by atoms with Crippen LogP contribution in [0.15, 0.2) is 53.3 Å². The van der Waals surface area contributed by atoms with E-state index >= 15 is 0 Å². The number of hydrogen-bond acceptors (Lipinski definition) is 4. The Labute approximate surface area is 167 Å². The molecule has 9 heteroatoms. The molecule has 2 atom stereocenters. The van der Waals surface area contributed by atoms with E-state index < -0.39 is 6.61 Å². The largest absolute Gasteiger partial charge is 0.434 e. The molecule has 1 aliphatic rings. The first kappa shape index (κ1) is 18.2. The zero-order valence-electron chi connectivity index (χ0n) is 13.8. The monoisotopic (exact) mass is 454 g/mol. The third-order valence-electron chi connectivity index (χ3n) is 4.43. The number of fused-ring (bicyclic) bond motifs is 1. The summed E-state index contributed by atoms with van der Waals surface area (Å²) in [7, 11) is 0. The SMILES string of the molecule is FC(F)Oc1ccc(Cl)cc1C1CC(c2cccc(Br)c2)Nc2ncnn21. The van der Waals surface area contributed by atoms with Crippen LogP contribution in [0, 0.1) is 0 Å². The lowest BCUT2D eigenvalue weighted by atomic mass is 9.93. The van der Waals surface area contributed by atoms with Gasteiger partial charge in [-0.2, -0.15) is 18.9 Å². The van der Waals surface area contributed by atoms with Crippen molar-refractivity contribution in [2.75, 3.05) is 5.32 Å². The van der Waals surface area contributed by atoms with Crippen molar-refractivity contribution in [1.82, 2.24) is 14.8 Å². The molecular formula is C18H14BrClF2N4O. The van der Waals surface area contributed by atoms with Crippen molar-refractivity contribution >= 4 is 33.5 Å². The summed E-state index contributed by atoms with van der Waals surface area (Å²) in [4.78, 5) is 4.25. The van der Waals surface area contributed by atoms with Gasteiger partial charge in [-0.1, -0.05) is 39.7 Å². The summed E-state index contributed by atoms with van der Waals surface area (Å²) in [5.74, 6) is 0.634. The summed E-state index contributed by atoms with van der Waals surface area (Å²) in [6.07, 6.45) is 1.99. The first-order valence-electron chi connectivity index (χ1n) is 8.17. The molecule has 4 rings (SSSR count). The van der Waals surface area contributed by atoms with E-state index in [0.717, 1.165) is 10.0 Å². The van der Waals surface area contributed by atoms with E-state index in [0.29, 0.717) is 23.0 Å². The molecule has 2 aromatic carbocycles. The normalized spacial score (nSPS) is 18.9. The second kappa shape index (κ2) is 7.44. The smallest absolute Gasteiger partial charge is 0.387 e. The molecule has 1 aromatic heterocycles. The molecule has 0 amide bonds. The van der Waals surface area contributed by atoms with Gasteiger partial charge in [0.05, 0.1) is 12.1 Å². The lowest BCUT2D eigenvalue weighted by Gasteiger charge is -2.32. The third-order valence-corrected chi connectivity index (χ3v) is 5.16. The van der Waals surface area contributed by atoms with E-state index in [-0.39, 0.29) is 17.8 Å². The second-order valence-electron chi connectivity index (χ2n) is 6.09. The quantitative estimate of drug-likeness (QED) is 0.569. The second-order valence-corrected chi connectivity index (χ2v) is 7.44. The number of rotatable bonds is 4. The first-order chi connectivity index (χ1) is 13.0. The summed E-state index contributed by atoms with van der Waals surface area (Å²) in [5.41, 5.74) is 1.58. The Morgan fingerprint density at radius 3 is 2.89 bits per heavy atom. The average molecular weight is 456 g/mol. The van der Waals surface area contributed by atoms with Gasteiger partial charge < -0.3 is 10.1 Å². The van der Waals surface area contributed by atoms with Crippen LogP contribution >= 0.6 is 27.5 Å². The van der Waals surface area contributed by atoms with Gasteiger partial charge in [-0.3, -0.25) is 0 Å². The van der Waals surface area contributed by atoms with E-state index in [1.165, 1.54) is 18.5 Å². The number of aromatic nitrogens is 3. The van der Waals surface area contributed by atoms with E-state index in [4.69, 9.17) is 16.3 Å². The number of anilines is 1. The van der Waals surface area contributed by atoms with Crippen LogP contribution in [0.4, 0.5) is 14.7 Å². The van der Waals surface area contributed by atoms with Crippen molar-refractivity contribution in [2.45, 2.75) is 25.1 Å². The minimum Gasteiger partial charge on any atom is -0.434 e. The molecule has 0 saturated heterocycles. The van der Waals surface area contributed by atoms with Gasteiger partial charge in [0.2, 0.25) is 5.95 Å². The van der Waals surface area contributed by atoms with Gasteiger partial charge in [0.15, 0.2) is 0 Å². The van der Waals surface area contributed by atoms with Crippen molar-refractivity contribution in [3.8, 4) is 5.75 Å². The molecule has 3 aromatic rings. The van der Waals surface area contributed by atoms with Gasteiger partial charge in [0.25, 0.3) is 0 Å². The van der Waals surface area contributed by atoms with Crippen LogP contribution in [-0.2, 0) is 0 Å². The lowest BCUT2D eigenvalue weighted by molar-refractivity contribution is -0.0507. The standard InChI is InChI=1S/C18H14BrClF2N4O/c19-11-3-1-2-10(6-11)14-8-15(26-18(25-14)23-9-24-26)13-7-12(20)4-5-16(13)27-17(21)22/h1-7,9,14-15,17H,8H2,(H,23,24,25). The highest BCUT2D eigenvalue weighted by atomic mass is 79.9. The Balaban J connectivity index is 1.77. The van der Waals surface area contributed by atoms with Crippen LogP contribution in [0.3, 0.4) is 0 Å². The molecule has 0 aliphatic carbocycles. The van der Waals surface area contributed by atoms with Crippen molar-refractivity contribution in [1.29, 1.82) is 0 Å². The highest BCUT2D eigenvalue weighted by Crippen LogP contribution is 2.41. The van der Waals surface area contributed by atoms with E-state index in [9.17, 15) is 8.78 Å². The highest BCUT2D eigenvalue weighted by Gasteiger charge is 2.32. The van der Waals surface area contributed by atoms with Gasteiger partial charge in [-0.25, -0.2) is 4.68 Å². The number of ether oxygens (including phenoxy) is 1. The number of nitrogens with zero attached hydrogens (tertiary/aromatic N) is 3. The van der Waals surface area contributed by atoms with Crippen LogP contribution in [0.25, 0.3) is 0 Å². The number of halogens is 4. The summed E-state index contributed by atoms with van der Waals surface area (Å²) >= 11 is 9.62. The molecule has 0 spiro atoms. The van der Waals surface area contributed by atoms with Crippen molar-refractivity contribution in [3.05, 3.63) is 69.4 Å². The van der Waals surface area contributed by atoms with Crippen molar-refractivity contribution in [2.24, 2.45) is 0 Å². The van der Waals surface area contributed by atoms with Crippen molar-refractivity contribution < 1.29 is 13.5 Å². The number of benzene rings is 2. The van der Waals surface area contributed by atoms with Crippen LogP contribution in [0.1, 0.15) is 29.6 Å². The van der Waals surface area contributed by atoms with Crippen LogP contribution in [-0.4, -0.2) is 21.4 Å². The fraction of sp³-hybridized carbons (Fsp3) is 0.222. The molecule has 0 radical (unpaired) electrons. The number of hydrogen-bond donors (Lipinski definition) is 1. The molecule has 2 unspecified atom stereocenters. The van der Waals surface area contributed by atoms with E-state index in [1.54, 1.807) is 10.7 Å². The van der Waals surface area contributed by atoms with E-state index in [2.05, 4.69) is 31.3 Å². The Bertz CT molecular complexity index is 968.